The van der Waals surface area contributed by atoms with Gasteiger partial charge in [-0.05, 0) is 43.7 Å². The Kier molecular flexibility index (Phi) is 3.64. The Bertz CT molecular complexity index is 383. The van der Waals surface area contributed by atoms with Crippen LogP contribution in [0.4, 0.5) is 5.69 Å². The fraction of sp³-hybridized carbons (Fsp3) is 0.462. The van der Waals surface area contributed by atoms with Gasteiger partial charge in [-0.1, -0.05) is 0 Å². The number of methoxy groups -OCH3 is 1. The van der Waals surface area contributed by atoms with Crippen LogP contribution in [-0.4, -0.2) is 32.7 Å². The van der Waals surface area contributed by atoms with Crippen LogP contribution in [0.5, 0.6) is 5.75 Å². The van der Waals surface area contributed by atoms with E-state index in [-0.39, 0.29) is 11.9 Å². The van der Waals surface area contributed by atoms with Crippen molar-refractivity contribution in [3.05, 3.63) is 24.3 Å². The minimum atomic E-state index is -0.0258. The quantitative estimate of drug-likeness (QED) is 0.859. The van der Waals surface area contributed by atoms with Gasteiger partial charge in [-0.25, -0.2) is 0 Å². The molecule has 1 aliphatic heterocycles. The molecular weight excluding hydrogens is 216 g/mol. The summed E-state index contributed by atoms with van der Waals surface area (Å²) in [6, 6.07) is 7.49. The van der Waals surface area contributed by atoms with E-state index < -0.39 is 0 Å². The maximum Gasteiger partial charge on any atom is 0.243 e. The van der Waals surface area contributed by atoms with Crippen molar-refractivity contribution in [2.24, 2.45) is 0 Å². The second kappa shape index (κ2) is 5.19. The van der Waals surface area contributed by atoms with E-state index in [4.69, 9.17) is 4.74 Å². The first-order valence-corrected chi connectivity index (χ1v) is 5.87. The third-order valence-corrected chi connectivity index (χ3v) is 3.15. The summed E-state index contributed by atoms with van der Waals surface area (Å²) in [6.07, 6.45) is 2.01. The Morgan fingerprint density at radius 1 is 1.41 bits per heavy atom. The van der Waals surface area contributed by atoms with Gasteiger partial charge in [0, 0.05) is 12.7 Å². The number of ether oxygens (including phenoxy) is 1. The lowest BCUT2D eigenvalue weighted by atomic mass is 10.2. The number of hydrogen-bond donors (Lipinski definition) is 1. The first-order valence-electron chi connectivity index (χ1n) is 5.87. The Morgan fingerprint density at radius 2 is 2.12 bits per heavy atom. The molecule has 0 bridgehead atoms. The van der Waals surface area contributed by atoms with Crippen LogP contribution < -0.4 is 15.0 Å². The van der Waals surface area contributed by atoms with Crippen LogP contribution in [0.15, 0.2) is 24.3 Å². The van der Waals surface area contributed by atoms with E-state index >= 15 is 0 Å². The van der Waals surface area contributed by atoms with Crippen molar-refractivity contribution >= 4 is 11.6 Å². The second-order valence-corrected chi connectivity index (χ2v) is 4.24. The second-order valence-electron chi connectivity index (χ2n) is 4.24. The van der Waals surface area contributed by atoms with Crippen molar-refractivity contribution in [2.75, 3.05) is 25.6 Å². The zero-order valence-corrected chi connectivity index (χ0v) is 10.3. The lowest BCUT2D eigenvalue weighted by Gasteiger charge is -2.21. The Balaban J connectivity index is 2.07. The predicted molar refractivity (Wildman–Crippen MR) is 67.4 cm³/mol. The standard InChI is InChI=1S/C13H18N2O2/c1-15(13(16)12-4-3-9-14-12)10-5-7-11(17-2)8-6-10/h5-8,12,14H,3-4,9H2,1-2H3/t12-/m1/s1. The van der Waals surface area contributed by atoms with E-state index in [1.807, 2.05) is 31.3 Å². The van der Waals surface area contributed by atoms with E-state index in [2.05, 4.69) is 5.32 Å². The number of likely N-dealkylation sites (N-methyl/N-ethyl adjacent to an activating group) is 1. The number of nitrogens with zero attached hydrogens (tertiary/aromatic N) is 1. The molecule has 4 nitrogen and oxygen atoms in total. The topological polar surface area (TPSA) is 41.6 Å². The van der Waals surface area contributed by atoms with Crippen LogP contribution >= 0.6 is 0 Å². The maximum absolute atomic E-state index is 12.1. The molecule has 1 fully saturated rings. The molecule has 0 spiro atoms. The van der Waals surface area contributed by atoms with Crippen molar-refractivity contribution < 1.29 is 9.53 Å². The largest absolute Gasteiger partial charge is 0.497 e. The number of hydrogen-bond acceptors (Lipinski definition) is 3. The van der Waals surface area contributed by atoms with Crippen LogP contribution in [-0.2, 0) is 4.79 Å². The molecule has 0 radical (unpaired) electrons. The molecule has 92 valence electrons. The molecule has 1 aromatic rings. The van der Waals surface area contributed by atoms with Gasteiger partial charge < -0.3 is 15.0 Å². The molecule has 4 heteroatoms. The molecular formula is C13H18N2O2. The summed E-state index contributed by atoms with van der Waals surface area (Å²) < 4.78 is 5.09. The van der Waals surface area contributed by atoms with Gasteiger partial charge in [-0.3, -0.25) is 4.79 Å². The van der Waals surface area contributed by atoms with Gasteiger partial charge in [-0.15, -0.1) is 0 Å². The summed E-state index contributed by atoms with van der Waals surface area (Å²) in [7, 11) is 3.44. The molecule has 1 atom stereocenters. The van der Waals surface area contributed by atoms with Gasteiger partial charge in [0.05, 0.1) is 13.2 Å². The van der Waals surface area contributed by atoms with E-state index in [0.717, 1.165) is 30.8 Å². The third kappa shape index (κ3) is 2.58. The first-order chi connectivity index (χ1) is 8.22. The number of amides is 1. The number of rotatable bonds is 3. The maximum atomic E-state index is 12.1. The minimum absolute atomic E-state index is 0.0258. The van der Waals surface area contributed by atoms with E-state index in [0.29, 0.717) is 0 Å². The van der Waals surface area contributed by atoms with Crippen LogP contribution in [0.3, 0.4) is 0 Å². The smallest absolute Gasteiger partial charge is 0.243 e. The molecule has 0 aromatic heterocycles. The van der Waals surface area contributed by atoms with Gasteiger partial charge in [0.2, 0.25) is 5.91 Å². The fourth-order valence-electron chi connectivity index (χ4n) is 2.06. The number of anilines is 1. The summed E-state index contributed by atoms with van der Waals surface area (Å²) in [5.41, 5.74) is 0.893. The minimum Gasteiger partial charge on any atom is -0.497 e. The van der Waals surface area contributed by atoms with Crippen molar-refractivity contribution in [1.82, 2.24) is 5.32 Å². The van der Waals surface area contributed by atoms with Crippen LogP contribution in [0.25, 0.3) is 0 Å². The summed E-state index contributed by atoms with van der Waals surface area (Å²) in [5, 5.41) is 3.21. The SMILES string of the molecule is COc1ccc(N(C)C(=O)[C@H]2CCCN2)cc1. The van der Waals surface area contributed by atoms with Gasteiger partial charge in [0.15, 0.2) is 0 Å². The number of carbonyl (C=O) groups is 1. The number of nitrogens with one attached hydrogen (secondary N) is 1. The summed E-state index contributed by atoms with van der Waals surface area (Å²) in [4.78, 5) is 13.8. The molecule has 0 unspecified atom stereocenters. The lowest BCUT2D eigenvalue weighted by Crippen LogP contribution is -2.41. The molecule has 1 saturated heterocycles. The zero-order valence-electron chi connectivity index (χ0n) is 10.3. The first kappa shape index (κ1) is 11.9. The number of benzene rings is 1. The molecule has 2 rings (SSSR count). The van der Waals surface area contributed by atoms with Crippen molar-refractivity contribution in [2.45, 2.75) is 18.9 Å². The van der Waals surface area contributed by atoms with Crippen LogP contribution in [0, 0.1) is 0 Å². The monoisotopic (exact) mass is 234 g/mol. The zero-order chi connectivity index (χ0) is 12.3. The molecule has 17 heavy (non-hydrogen) atoms. The third-order valence-electron chi connectivity index (χ3n) is 3.15. The highest BCUT2D eigenvalue weighted by Gasteiger charge is 2.25. The van der Waals surface area contributed by atoms with Crippen LogP contribution in [0.1, 0.15) is 12.8 Å². The van der Waals surface area contributed by atoms with Gasteiger partial charge in [-0.2, -0.15) is 0 Å². The Labute approximate surface area is 102 Å². The van der Waals surface area contributed by atoms with Crippen molar-refractivity contribution in [3.8, 4) is 5.75 Å². The highest BCUT2D eigenvalue weighted by atomic mass is 16.5. The molecule has 1 amide bonds. The summed E-state index contributed by atoms with van der Waals surface area (Å²) in [6.45, 7) is 0.937. The molecule has 0 aliphatic carbocycles. The van der Waals surface area contributed by atoms with E-state index in [1.165, 1.54) is 0 Å². The number of carbonyl (C=O) groups excluding carboxylic acids is 1. The summed E-state index contributed by atoms with van der Waals surface area (Å²) in [5.74, 6) is 0.932. The predicted octanol–water partition coefficient (Wildman–Crippen LogP) is 1.41. The molecule has 1 heterocycles. The molecule has 1 aliphatic rings. The van der Waals surface area contributed by atoms with Crippen molar-refractivity contribution in [3.63, 3.8) is 0 Å². The fourth-order valence-corrected chi connectivity index (χ4v) is 2.06. The lowest BCUT2D eigenvalue weighted by molar-refractivity contribution is -0.119. The molecule has 1 N–H and O–H groups in total. The summed E-state index contributed by atoms with van der Waals surface area (Å²) >= 11 is 0. The van der Waals surface area contributed by atoms with Gasteiger partial charge in [0.1, 0.15) is 5.75 Å². The van der Waals surface area contributed by atoms with Crippen LogP contribution in [0.2, 0.25) is 0 Å². The van der Waals surface area contributed by atoms with Crippen molar-refractivity contribution in [1.29, 1.82) is 0 Å². The van der Waals surface area contributed by atoms with Gasteiger partial charge in [0.25, 0.3) is 0 Å². The average molecular weight is 234 g/mol. The highest BCUT2D eigenvalue weighted by molar-refractivity contribution is 5.96. The molecule has 1 aromatic carbocycles. The van der Waals surface area contributed by atoms with Gasteiger partial charge >= 0.3 is 0 Å². The van der Waals surface area contributed by atoms with E-state index in [9.17, 15) is 4.79 Å². The molecule has 0 saturated carbocycles. The Morgan fingerprint density at radius 3 is 2.65 bits per heavy atom. The van der Waals surface area contributed by atoms with E-state index in [1.54, 1.807) is 12.0 Å². The average Bonchev–Trinajstić information content (AvgIpc) is 2.91. The normalized spacial score (nSPS) is 19.1. The Hall–Kier alpha value is -1.55. The highest BCUT2D eigenvalue weighted by Crippen LogP contribution is 2.20.